The number of nitrogens with one attached hydrogen (secondary N) is 4. The van der Waals surface area contributed by atoms with Gasteiger partial charge in [-0.2, -0.15) is 0 Å². The predicted molar refractivity (Wildman–Crippen MR) is 128 cm³/mol. The first-order valence-corrected chi connectivity index (χ1v) is 10.4. The molecule has 0 bridgehead atoms. The molecule has 0 aliphatic rings. The number of ether oxygens (including phenoxy) is 1. The van der Waals surface area contributed by atoms with E-state index in [1.165, 1.54) is 19.3 Å². The Kier molecular flexibility index (Phi) is 9.93. The summed E-state index contributed by atoms with van der Waals surface area (Å²) in [6, 6.07) is 11.8. The SMILES string of the molecule is COc1ccccc1/C=C/C(=O)NC(=S)NNC(=O)CCC(=O)Nc1ccc(Cl)cc1Cl. The Bertz CT molecular complexity index is 1050. The maximum Gasteiger partial charge on any atom is 0.250 e. The van der Waals surface area contributed by atoms with Crippen molar-refractivity contribution < 1.29 is 19.1 Å². The first kappa shape index (κ1) is 25.1. The molecule has 0 fully saturated rings. The molecule has 0 radical (unpaired) electrons. The highest BCUT2D eigenvalue weighted by molar-refractivity contribution is 7.80. The van der Waals surface area contributed by atoms with Gasteiger partial charge in [-0.3, -0.25) is 30.6 Å². The average Bonchev–Trinajstić information content (AvgIpc) is 2.77. The van der Waals surface area contributed by atoms with Crippen molar-refractivity contribution in [1.82, 2.24) is 16.2 Å². The number of carbonyl (C=O) groups excluding carboxylic acids is 3. The third kappa shape index (κ3) is 8.54. The first-order valence-electron chi connectivity index (χ1n) is 9.24. The zero-order valence-electron chi connectivity index (χ0n) is 16.9. The van der Waals surface area contributed by atoms with E-state index in [1.807, 2.05) is 12.1 Å². The Morgan fingerprint density at radius 3 is 2.47 bits per heavy atom. The standard InChI is InChI=1S/C21H20Cl2N4O4S/c1-31-17-5-3-2-4-13(17)6-9-19(29)25-21(32)27-26-20(30)11-10-18(28)24-16-8-7-14(22)12-15(16)23/h2-9,12H,10-11H2,1H3,(H,24,28)(H,26,30)(H2,25,27,29,32)/b9-6+. The van der Waals surface area contributed by atoms with Crippen molar-refractivity contribution in [2.75, 3.05) is 12.4 Å². The van der Waals surface area contributed by atoms with Gasteiger partial charge in [-0.15, -0.1) is 0 Å². The lowest BCUT2D eigenvalue weighted by molar-refractivity contribution is -0.124. The normalized spacial score (nSPS) is 10.3. The Balaban J connectivity index is 1.70. The van der Waals surface area contributed by atoms with Crippen LogP contribution >= 0.6 is 35.4 Å². The molecule has 0 heterocycles. The maximum absolute atomic E-state index is 12.0. The van der Waals surface area contributed by atoms with E-state index in [0.717, 1.165) is 5.56 Å². The number of carbonyl (C=O) groups is 3. The summed E-state index contributed by atoms with van der Waals surface area (Å²) in [7, 11) is 1.53. The monoisotopic (exact) mass is 494 g/mol. The van der Waals surface area contributed by atoms with Crippen LogP contribution in [0.3, 0.4) is 0 Å². The van der Waals surface area contributed by atoms with Crippen LogP contribution < -0.4 is 26.2 Å². The summed E-state index contributed by atoms with van der Waals surface area (Å²) in [4.78, 5) is 35.8. The number of rotatable bonds is 7. The lowest BCUT2D eigenvalue weighted by atomic mass is 10.2. The van der Waals surface area contributed by atoms with Crippen molar-refractivity contribution >= 4 is 70.0 Å². The highest BCUT2D eigenvalue weighted by Crippen LogP contribution is 2.25. The largest absolute Gasteiger partial charge is 0.496 e. The van der Waals surface area contributed by atoms with Crippen molar-refractivity contribution in [2.45, 2.75) is 12.8 Å². The maximum atomic E-state index is 12.0. The van der Waals surface area contributed by atoms with Crippen LogP contribution in [0.1, 0.15) is 18.4 Å². The van der Waals surface area contributed by atoms with E-state index < -0.39 is 17.7 Å². The van der Waals surface area contributed by atoms with Gasteiger partial charge in [-0.25, -0.2) is 0 Å². The lowest BCUT2D eigenvalue weighted by Gasteiger charge is -2.10. The van der Waals surface area contributed by atoms with E-state index >= 15 is 0 Å². The van der Waals surface area contributed by atoms with E-state index in [2.05, 4.69) is 21.5 Å². The van der Waals surface area contributed by atoms with Gasteiger partial charge in [-0.1, -0.05) is 41.4 Å². The molecule has 2 aromatic rings. The molecule has 0 aliphatic carbocycles. The van der Waals surface area contributed by atoms with E-state index in [-0.39, 0.29) is 23.0 Å². The van der Waals surface area contributed by atoms with Crippen molar-refractivity contribution in [3.05, 3.63) is 64.1 Å². The molecule has 32 heavy (non-hydrogen) atoms. The first-order chi connectivity index (χ1) is 15.3. The Hall–Kier alpha value is -3.14. The smallest absolute Gasteiger partial charge is 0.250 e. The summed E-state index contributed by atoms with van der Waals surface area (Å²) in [5, 5.41) is 5.60. The van der Waals surface area contributed by atoms with Crippen LogP contribution in [0, 0.1) is 0 Å². The minimum Gasteiger partial charge on any atom is -0.496 e. The van der Waals surface area contributed by atoms with E-state index in [4.69, 9.17) is 40.2 Å². The Labute approximate surface area is 200 Å². The fourth-order valence-corrected chi connectivity index (χ4v) is 2.98. The van der Waals surface area contributed by atoms with Gasteiger partial charge in [0.25, 0.3) is 0 Å². The molecule has 3 amide bonds. The van der Waals surface area contributed by atoms with E-state index in [0.29, 0.717) is 16.5 Å². The van der Waals surface area contributed by atoms with E-state index in [1.54, 1.807) is 30.3 Å². The van der Waals surface area contributed by atoms with Crippen LogP contribution in [0.5, 0.6) is 5.75 Å². The minimum atomic E-state index is -0.498. The van der Waals surface area contributed by atoms with Crippen LogP contribution in [0.15, 0.2) is 48.5 Å². The van der Waals surface area contributed by atoms with Crippen molar-refractivity contribution in [1.29, 1.82) is 0 Å². The highest BCUT2D eigenvalue weighted by atomic mass is 35.5. The minimum absolute atomic E-state index is 0.0900. The van der Waals surface area contributed by atoms with Gasteiger partial charge in [0.05, 0.1) is 17.8 Å². The molecule has 11 heteroatoms. The van der Waals surface area contributed by atoms with Gasteiger partial charge in [0.2, 0.25) is 17.7 Å². The zero-order chi connectivity index (χ0) is 23.5. The van der Waals surface area contributed by atoms with Gasteiger partial charge < -0.3 is 10.1 Å². The summed E-state index contributed by atoms with van der Waals surface area (Å²) < 4.78 is 5.20. The molecule has 0 saturated heterocycles. The van der Waals surface area contributed by atoms with Crippen LogP contribution in [0.4, 0.5) is 5.69 Å². The van der Waals surface area contributed by atoms with E-state index in [9.17, 15) is 14.4 Å². The number of hydrazine groups is 1. The fourth-order valence-electron chi connectivity index (χ4n) is 2.37. The number of thiocarbonyl (C=S) groups is 1. The zero-order valence-corrected chi connectivity index (χ0v) is 19.2. The predicted octanol–water partition coefficient (Wildman–Crippen LogP) is 3.46. The number of anilines is 1. The summed E-state index contributed by atoms with van der Waals surface area (Å²) in [5.41, 5.74) is 5.81. The van der Waals surface area contributed by atoms with Crippen LogP contribution in [-0.2, 0) is 14.4 Å². The van der Waals surface area contributed by atoms with Crippen LogP contribution in [0.25, 0.3) is 6.08 Å². The summed E-state index contributed by atoms with van der Waals surface area (Å²) >= 11 is 16.7. The Morgan fingerprint density at radius 2 is 1.75 bits per heavy atom. The van der Waals surface area contributed by atoms with Crippen molar-refractivity contribution in [3.8, 4) is 5.75 Å². The highest BCUT2D eigenvalue weighted by Gasteiger charge is 2.10. The molecule has 2 aromatic carbocycles. The molecular formula is C21H20Cl2N4O4S. The Morgan fingerprint density at radius 1 is 1.03 bits per heavy atom. The number of para-hydroxylation sites is 1. The molecule has 4 N–H and O–H groups in total. The third-order valence-electron chi connectivity index (χ3n) is 3.89. The molecular weight excluding hydrogens is 475 g/mol. The molecule has 0 atom stereocenters. The number of hydrogen-bond acceptors (Lipinski definition) is 5. The van der Waals surface area contributed by atoms with Crippen molar-refractivity contribution in [2.24, 2.45) is 0 Å². The second-order valence-electron chi connectivity index (χ2n) is 6.24. The molecule has 0 aliphatic heterocycles. The number of methoxy groups -OCH3 is 1. The summed E-state index contributed by atoms with van der Waals surface area (Å²) in [6.07, 6.45) is 2.64. The van der Waals surface area contributed by atoms with Gasteiger partial charge in [0.15, 0.2) is 5.11 Å². The number of amides is 3. The third-order valence-corrected chi connectivity index (χ3v) is 4.64. The number of halogens is 2. The van der Waals surface area contributed by atoms with Crippen LogP contribution in [-0.4, -0.2) is 29.9 Å². The van der Waals surface area contributed by atoms with Gasteiger partial charge >= 0.3 is 0 Å². The second kappa shape index (κ2) is 12.7. The average molecular weight is 495 g/mol. The molecule has 0 saturated carbocycles. The molecule has 0 unspecified atom stereocenters. The fraction of sp³-hybridized carbons (Fsp3) is 0.143. The number of benzene rings is 2. The van der Waals surface area contributed by atoms with Gasteiger partial charge in [0.1, 0.15) is 5.75 Å². The summed E-state index contributed by atoms with van der Waals surface area (Å²) in [6.45, 7) is 0. The van der Waals surface area contributed by atoms with Gasteiger partial charge in [-0.05, 0) is 42.6 Å². The quantitative estimate of drug-likeness (QED) is 0.266. The van der Waals surface area contributed by atoms with Gasteiger partial charge in [0, 0.05) is 29.5 Å². The lowest BCUT2D eigenvalue weighted by Crippen LogP contribution is -2.48. The summed E-state index contributed by atoms with van der Waals surface area (Å²) in [5.74, 6) is -0.779. The molecule has 0 spiro atoms. The van der Waals surface area contributed by atoms with Crippen molar-refractivity contribution in [3.63, 3.8) is 0 Å². The number of hydrogen-bond donors (Lipinski definition) is 4. The molecule has 168 valence electrons. The molecule has 2 rings (SSSR count). The molecule has 8 nitrogen and oxygen atoms in total. The van der Waals surface area contributed by atoms with Crippen LogP contribution in [0.2, 0.25) is 10.0 Å². The topological polar surface area (TPSA) is 109 Å². The molecule has 0 aromatic heterocycles. The second-order valence-corrected chi connectivity index (χ2v) is 7.49.